The van der Waals surface area contributed by atoms with Gasteiger partial charge < -0.3 is 19.1 Å². The maximum absolute atomic E-state index is 13.7. The molecule has 1 aromatic carbocycles. The van der Waals surface area contributed by atoms with E-state index in [0.29, 0.717) is 6.61 Å². The van der Waals surface area contributed by atoms with E-state index in [2.05, 4.69) is 4.74 Å². The average Bonchev–Trinajstić information content (AvgIpc) is 2.53. The van der Waals surface area contributed by atoms with Gasteiger partial charge in [0.2, 0.25) is 0 Å². The second kappa shape index (κ2) is 6.53. The zero-order valence-electron chi connectivity index (χ0n) is 11.8. The fourth-order valence-electron chi connectivity index (χ4n) is 2.14. The Labute approximate surface area is 121 Å². The highest BCUT2D eigenvalue weighted by molar-refractivity contribution is 5.97. The summed E-state index contributed by atoms with van der Waals surface area (Å²) < 4.78 is 28.3. The van der Waals surface area contributed by atoms with Crippen molar-refractivity contribution in [1.82, 2.24) is 4.90 Å². The molecule has 0 N–H and O–H groups in total. The Bertz CT molecular complexity index is 548. The molecule has 1 saturated heterocycles. The van der Waals surface area contributed by atoms with Crippen LogP contribution in [0.25, 0.3) is 0 Å². The van der Waals surface area contributed by atoms with Crippen LogP contribution in [-0.4, -0.2) is 56.8 Å². The SMILES string of the molecule is COC(=O)C1COCCN1C(=O)c1ccc(OC)c(F)c1. The third-order valence-electron chi connectivity index (χ3n) is 3.26. The van der Waals surface area contributed by atoms with E-state index < -0.39 is 23.7 Å². The lowest BCUT2D eigenvalue weighted by atomic mass is 10.1. The summed E-state index contributed by atoms with van der Waals surface area (Å²) in [6, 6.07) is 3.09. The summed E-state index contributed by atoms with van der Waals surface area (Å²) in [6.07, 6.45) is 0. The number of hydrogen-bond acceptors (Lipinski definition) is 5. The highest BCUT2D eigenvalue weighted by Gasteiger charge is 2.34. The standard InChI is InChI=1S/C14H16FNO5/c1-19-12-4-3-9(7-10(12)15)13(17)16-5-6-21-8-11(16)14(18)20-2/h3-4,7,11H,5-6,8H2,1-2H3. The van der Waals surface area contributed by atoms with Gasteiger partial charge in [0, 0.05) is 12.1 Å². The van der Waals surface area contributed by atoms with E-state index in [1.54, 1.807) is 0 Å². The number of esters is 1. The molecule has 1 aliphatic heterocycles. The quantitative estimate of drug-likeness (QED) is 0.774. The Morgan fingerprint density at radius 1 is 1.38 bits per heavy atom. The van der Waals surface area contributed by atoms with Gasteiger partial charge in [-0.3, -0.25) is 4.79 Å². The second-order valence-corrected chi connectivity index (χ2v) is 4.46. The predicted octanol–water partition coefficient (Wildman–Crippen LogP) is 0.848. The van der Waals surface area contributed by atoms with Gasteiger partial charge in [0.25, 0.3) is 5.91 Å². The molecule has 114 valence electrons. The molecular weight excluding hydrogens is 281 g/mol. The van der Waals surface area contributed by atoms with E-state index in [-0.39, 0.29) is 24.5 Å². The molecule has 1 unspecified atom stereocenters. The molecule has 1 aromatic rings. The molecule has 0 aliphatic carbocycles. The summed E-state index contributed by atoms with van der Waals surface area (Å²) in [4.78, 5) is 25.5. The third-order valence-corrected chi connectivity index (χ3v) is 3.26. The molecule has 0 spiro atoms. The van der Waals surface area contributed by atoms with E-state index in [1.807, 2.05) is 0 Å². The van der Waals surface area contributed by atoms with Crippen molar-refractivity contribution in [2.75, 3.05) is 34.0 Å². The highest BCUT2D eigenvalue weighted by Crippen LogP contribution is 2.20. The first-order chi connectivity index (χ1) is 10.1. The van der Waals surface area contributed by atoms with Gasteiger partial charge in [-0.15, -0.1) is 0 Å². The molecule has 0 radical (unpaired) electrons. The fraction of sp³-hybridized carbons (Fsp3) is 0.429. The molecule has 1 atom stereocenters. The molecule has 0 saturated carbocycles. The van der Waals surface area contributed by atoms with Crippen molar-refractivity contribution in [3.8, 4) is 5.75 Å². The third kappa shape index (κ3) is 3.13. The second-order valence-electron chi connectivity index (χ2n) is 4.46. The van der Waals surface area contributed by atoms with Crippen molar-refractivity contribution < 1.29 is 28.2 Å². The lowest BCUT2D eigenvalue weighted by molar-refractivity contribution is -0.151. The first-order valence-electron chi connectivity index (χ1n) is 6.38. The number of amides is 1. The number of nitrogens with zero attached hydrogens (tertiary/aromatic N) is 1. The summed E-state index contributed by atoms with van der Waals surface area (Å²) >= 11 is 0. The largest absolute Gasteiger partial charge is 0.494 e. The number of morpholine rings is 1. The summed E-state index contributed by atoms with van der Waals surface area (Å²) in [5.41, 5.74) is 0.143. The molecule has 1 aliphatic rings. The summed E-state index contributed by atoms with van der Waals surface area (Å²) in [5.74, 6) is -1.59. The van der Waals surface area contributed by atoms with Gasteiger partial charge in [0.05, 0.1) is 27.4 Å². The first-order valence-corrected chi connectivity index (χ1v) is 6.38. The van der Waals surface area contributed by atoms with E-state index in [0.717, 1.165) is 6.07 Å². The van der Waals surface area contributed by atoms with Crippen molar-refractivity contribution in [3.63, 3.8) is 0 Å². The zero-order chi connectivity index (χ0) is 15.4. The van der Waals surface area contributed by atoms with Crippen molar-refractivity contribution >= 4 is 11.9 Å². The fourth-order valence-corrected chi connectivity index (χ4v) is 2.14. The highest BCUT2D eigenvalue weighted by atomic mass is 19.1. The maximum Gasteiger partial charge on any atom is 0.331 e. The van der Waals surface area contributed by atoms with E-state index >= 15 is 0 Å². The van der Waals surface area contributed by atoms with Crippen molar-refractivity contribution in [2.45, 2.75) is 6.04 Å². The number of benzene rings is 1. The molecule has 7 heteroatoms. The minimum absolute atomic E-state index is 0.0537. The van der Waals surface area contributed by atoms with Gasteiger partial charge in [0.15, 0.2) is 17.6 Å². The maximum atomic E-state index is 13.7. The number of rotatable bonds is 3. The van der Waals surface area contributed by atoms with Crippen LogP contribution in [-0.2, 0) is 14.3 Å². The zero-order valence-corrected chi connectivity index (χ0v) is 11.8. The normalized spacial score (nSPS) is 18.2. The van der Waals surface area contributed by atoms with Gasteiger partial charge in [-0.05, 0) is 18.2 Å². The van der Waals surface area contributed by atoms with Crippen LogP contribution in [0, 0.1) is 5.82 Å². The van der Waals surface area contributed by atoms with Crippen LogP contribution in [0.3, 0.4) is 0 Å². The predicted molar refractivity (Wildman–Crippen MR) is 70.6 cm³/mol. The topological polar surface area (TPSA) is 65.1 Å². The van der Waals surface area contributed by atoms with Crippen LogP contribution in [0.2, 0.25) is 0 Å². The molecule has 21 heavy (non-hydrogen) atoms. The van der Waals surface area contributed by atoms with Gasteiger partial charge in [-0.25, -0.2) is 9.18 Å². The Balaban J connectivity index is 2.24. The van der Waals surface area contributed by atoms with Crippen LogP contribution in [0.5, 0.6) is 5.75 Å². The molecule has 0 bridgehead atoms. The Morgan fingerprint density at radius 3 is 2.76 bits per heavy atom. The number of carbonyl (C=O) groups excluding carboxylic acids is 2. The summed E-state index contributed by atoms with van der Waals surface area (Å²) in [7, 11) is 2.59. The number of ether oxygens (including phenoxy) is 3. The lowest BCUT2D eigenvalue weighted by Crippen LogP contribution is -2.53. The molecule has 1 amide bonds. The number of hydrogen-bond donors (Lipinski definition) is 0. The van der Waals surface area contributed by atoms with Crippen molar-refractivity contribution in [3.05, 3.63) is 29.6 Å². The van der Waals surface area contributed by atoms with Gasteiger partial charge >= 0.3 is 5.97 Å². The monoisotopic (exact) mass is 297 g/mol. The number of halogens is 1. The van der Waals surface area contributed by atoms with Gasteiger partial charge in [0.1, 0.15) is 0 Å². The Hall–Kier alpha value is -2.15. The Kier molecular flexibility index (Phi) is 4.74. The number of carbonyl (C=O) groups is 2. The number of methoxy groups -OCH3 is 2. The minimum Gasteiger partial charge on any atom is -0.494 e. The molecule has 1 fully saturated rings. The van der Waals surface area contributed by atoms with Crippen LogP contribution < -0.4 is 4.74 Å². The van der Waals surface area contributed by atoms with Crippen LogP contribution in [0.4, 0.5) is 4.39 Å². The van der Waals surface area contributed by atoms with Gasteiger partial charge in [-0.2, -0.15) is 0 Å². The summed E-state index contributed by atoms with van der Waals surface area (Å²) in [6.45, 7) is 0.626. The van der Waals surface area contributed by atoms with E-state index in [4.69, 9.17) is 9.47 Å². The molecular formula is C14H16FNO5. The first kappa shape index (κ1) is 15.2. The van der Waals surface area contributed by atoms with E-state index in [1.165, 1.54) is 31.3 Å². The van der Waals surface area contributed by atoms with E-state index in [9.17, 15) is 14.0 Å². The summed E-state index contributed by atoms with van der Waals surface area (Å²) in [5, 5.41) is 0. The molecule has 2 rings (SSSR count). The molecule has 1 heterocycles. The van der Waals surface area contributed by atoms with Crippen LogP contribution in [0.15, 0.2) is 18.2 Å². The average molecular weight is 297 g/mol. The van der Waals surface area contributed by atoms with Crippen LogP contribution in [0.1, 0.15) is 10.4 Å². The lowest BCUT2D eigenvalue weighted by Gasteiger charge is -2.33. The van der Waals surface area contributed by atoms with Crippen molar-refractivity contribution in [1.29, 1.82) is 0 Å². The van der Waals surface area contributed by atoms with Crippen molar-refractivity contribution in [2.24, 2.45) is 0 Å². The minimum atomic E-state index is -0.818. The molecule has 6 nitrogen and oxygen atoms in total. The smallest absolute Gasteiger partial charge is 0.331 e. The van der Waals surface area contributed by atoms with Crippen LogP contribution >= 0.6 is 0 Å². The molecule has 0 aromatic heterocycles. The van der Waals surface area contributed by atoms with Gasteiger partial charge in [-0.1, -0.05) is 0 Å². The Morgan fingerprint density at radius 2 is 2.14 bits per heavy atom.